The minimum absolute atomic E-state index is 0.227. The molecule has 5 heteroatoms. The smallest absolute Gasteiger partial charge is 0.168 e. The summed E-state index contributed by atoms with van der Waals surface area (Å²) in [6.07, 6.45) is -4.45. The third kappa shape index (κ3) is 4.05. The molecule has 0 heterocycles. The zero-order valence-corrected chi connectivity index (χ0v) is 14.7. The van der Waals surface area contributed by atoms with Gasteiger partial charge in [-0.15, -0.1) is 0 Å². The van der Waals surface area contributed by atoms with Crippen molar-refractivity contribution in [2.45, 2.75) is 20.0 Å². The van der Waals surface area contributed by atoms with Crippen LogP contribution in [0.3, 0.4) is 0 Å². The number of hydrogen-bond acceptors (Lipinski definition) is 2. The van der Waals surface area contributed by atoms with Crippen LogP contribution in [0.25, 0.3) is 0 Å². The number of halogens is 3. The van der Waals surface area contributed by atoms with Crippen molar-refractivity contribution < 1.29 is 13.2 Å². The van der Waals surface area contributed by atoms with Gasteiger partial charge in [-0.25, -0.2) is 0 Å². The zero-order valence-electron chi connectivity index (χ0n) is 13.1. The molecular formula is C20H15F3S2. The molecule has 0 saturated carbocycles. The molecule has 0 bridgehead atoms. The molecule has 0 radical (unpaired) electrons. The van der Waals surface area contributed by atoms with Crippen molar-refractivity contribution in [3.63, 3.8) is 0 Å². The molecule has 0 fully saturated rings. The van der Waals surface area contributed by atoms with E-state index in [-0.39, 0.29) is 5.56 Å². The number of thioether (sulfide) groups is 2. The molecule has 0 N–H and O–H groups in total. The Morgan fingerprint density at radius 3 is 1.24 bits per heavy atom. The second-order valence-corrected chi connectivity index (χ2v) is 8.14. The summed E-state index contributed by atoms with van der Waals surface area (Å²) in [5.74, 6) is 0. The fourth-order valence-electron chi connectivity index (χ4n) is 2.38. The van der Waals surface area contributed by atoms with E-state index in [4.69, 9.17) is 0 Å². The second kappa shape index (κ2) is 7.58. The maximum atomic E-state index is 14.4. The summed E-state index contributed by atoms with van der Waals surface area (Å²) in [7, 11) is 0. The monoisotopic (exact) mass is 376 g/mol. The average molecular weight is 376 g/mol. The number of hydrogen-bond donors (Lipinski definition) is 0. The van der Waals surface area contributed by atoms with Crippen LogP contribution in [-0.4, -0.2) is 6.18 Å². The van der Waals surface area contributed by atoms with Crippen molar-refractivity contribution in [3.05, 3.63) is 96.6 Å². The standard InChI is InChI=1S/C20H15F3S2/c21-20(22,23)19(16-10-4-1-5-11-16,24-17-12-6-2-7-13-17)25-18-14-8-3-9-15-18/h1-15H. The van der Waals surface area contributed by atoms with Crippen molar-refractivity contribution >= 4 is 23.5 Å². The maximum absolute atomic E-state index is 14.4. The summed E-state index contributed by atoms with van der Waals surface area (Å²) < 4.78 is 41.0. The van der Waals surface area contributed by atoms with Crippen LogP contribution in [0, 0.1) is 0 Å². The maximum Gasteiger partial charge on any atom is 0.417 e. The Morgan fingerprint density at radius 1 is 0.520 bits per heavy atom. The molecule has 25 heavy (non-hydrogen) atoms. The van der Waals surface area contributed by atoms with Gasteiger partial charge in [0.05, 0.1) is 0 Å². The van der Waals surface area contributed by atoms with E-state index in [1.807, 2.05) is 0 Å². The average Bonchev–Trinajstić information content (AvgIpc) is 2.63. The molecule has 0 aromatic heterocycles. The minimum atomic E-state index is -4.45. The Labute approximate surface area is 153 Å². The van der Waals surface area contributed by atoms with Gasteiger partial charge in [0.1, 0.15) is 0 Å². The Kier molecular flexibility index (Phi) is 5.45. The van der Waals surface area contributed by atoms with E-state index >= 15 is 0 Å². The van der Waals surface area contributed by atoms with Crippen LogP contribution in [0.1, 0.15) is 5.56 Å². The lowest BCUT2D eigenvalue weighted by atomic mass is 10.1. The minimum Gasteiger partial charge on any atom is -0.168 e. The molecule has 0 aliphatic heterocycles. The van der Waals surface area contributed by atoms with Gasteiger partial charge in [-0.1, -0.05) is 90.3 Å². The molecule has 0 atom stereocenters. The molecule has 3 aromatic rings. The molecule has 0 aliphatic rings. The van der Waals surface area contributed by atoms with Gasteiger partial charge in [-0.2, -0.15) is 13.2 Å². The SMILES string of the molecule is FC(F)(F)C(Sc1ccccc1)(Sc1ccccc1)c1ccccc1. The van der Waals surface area contributed by atoms with Crippen molar-refractivity contribution in [1.29, 1.82) is 0 Å². The van der Waals surface area contributed by atoms with E-state index in [1.54, 1.807) is 91.0 Å². The van der Waals surface area contributed by atoms with E-state index < -0.39 is 10.3 Å². The molecule has 0 unspecified atom stereocenters. The molecule has 0 nitrogen and oxygen atoms in total. The normalized spacial score (nSPS) is 12.1. The van der Waals surface area contributed by atoms with E-state index in [0.717, 1.165) is 23.5 Å². The zero-order chi connectivity index (χ0) is 17.8. The van der Waals surface area contributed by atoms with Crippen LogP contribution >= 0.6 is 23.5 Å². The highest BCUT2D eigenvalue weighted by molar-refractivity contribution is 8.17. The molecule has 0 aliphatic carbocycles. The summed E-state index contributed by atoms with van der Waals surface area (Å²) in [5, 5.41) is 0. The quantitative estimate of drug-likeness (QED) is 0.348. The summed E-state index contributed by atoms with van der Waals surface area (Å²) in [5.41, 5.74) is 0.227. The van der Waals surface area contributed by atoms with Gasteiger partial charge in [0.15, 0.2) is 4.08 Å². The van der Waals surface area contributed by atoms with Crippen LogP contribution in [0.2, 0.25) is 0 Å². The first-order valence-electron chi connectivity index (χ1n) is 7.62. The predicted molar refractivity (Wildman–Crippen MR) is 98.8 cm³/mol. The third-order valence-electron chi connectivity index (χ3n) is 3.54. The lowest BCUT2D eigenvalue weighted by Gasteiger charge is -2.35. The molecule has 0 amide bonds. The van der Waals surface area contributed by atoms with Gasteiger partial charge < -0.3 is 0 Å². The molecule has 128 valence electrons. The van der Waals surface area contributed by atoms with E-state index in [1.165, 1.54) is 0 Å². The van der Waals surface area contributed by atoms with E-state index in [9.17, 15) is 13.2 Å². The van der Waals surface area contributed by atoms with Crippen molar-refractivity contribution in [2.24, 2.45) is 0 Å². The first kappa shape index (κ1) is 18.0. The molecular weight excluding hydrogens is 361 g/mol. The van der Waals surface area contributed by atoms with Gasteiger partial charge in [0.2, 0.25) is 0 Å². The molecule has 0 spiro atoms. The van der Waals surface area contributed by atoms with Gasteiger partial charge in [0.25, 0.3) is 0 Å². The Balaban J connectivity index is 2.13. The summed E-state index contributed by atoms with van der Waals surface area (Å²) >= 11 is 1.66. The second-order valence-electron chi connectivity index (χ2n) is 5.31. The van der Waals surface area contributed by atoms with Crippen molar-refractivity contribution in [1.82, 2.24) is 0 Å². The summed E-state index contributed by atoms with van der Waals surface area (Å²) in [6, 6.07) is 25.5. The van der Waals surface area contributed by atoms with Gasteiger partial charge >= 0.3 is 6.18 Å². The van der Waals surface area contributed by atoms with Crippen LogP contribution in [-0.2, 0) is 4.08 Å². The molecule has 0 saturated heterocycles. The van der Waals surface area contributed by atoms with Crippen molar-refractivity contribution in [2.75, 3.05) is 0 Å². The number of benzene rings is 3. The topological polar surface area (TPSA) is 0 Å². The van der Waals surface area contributed by atoms with Gasteiger partial charge in [-0.3, -0.25) is 0 Å². The largest absolute Gasteiger partial charge is 0.417 e. The van der Waals surface area contributed by atoms with E-state index in [0.29, 0.717) is 9.79 Å². The van der Waals surface area contributed by atoms with Crippen LogP contribution in [0.5, 0.6) is 0 Å². The highest BCUT2D eigenvalue weighted by Crippen LogP contribution is 2.61. The highest BCUT2D eigenvalue weighted by Gasteiger charge is 2.57. The Bertz CT molecular complexity index is 746. The van der Waals surface area contributed by atoms with Crippen LogP contribution < -0.4 is 0 Å². The van der Waals surface area contributed by atoms with E-state index in [2.05, 4.69) is 0 Å². The Morgan fingerprint density at radius 2 is 0.880 bits per heavy atom. The molecule has 3 aromatic carbocycles. The highest BCUT2D eigenvalue weighted by atomic mass is 32.2. The van der Waals surface area contributed by atoms with Crippen LogP contribution in [0.15, 0.2) is 101 Å². The number of alkyl halides is 3. The number of rotatable bonds is 5. The van der Waals surface area contributed by atoms with Crippen LogP contribution in [0.4, 0.5) is 13.2 Å². The third-order valence-corrected chi connectivity index (χ3v) is 6.56. The fourth-order valence-corrected chi connectivity index (χ4v) is 5.12. The lowest BCUT2D eigenvalue weighted by Crippen LogP contribution is -2.36. The fraction of sp³-hybridized carbons (Fsp3) is 0.100. The van der Waals surface area contributed by atoms with Gasteiger partial charge in [-0.05, 0) is 29.8 Å². The predicted octanol–water partition coefficient (Wildman–Crippen LogP) is 6.99. The lowest BCUT2D eigenvalue weighted by molar-refractivity contribution is -0.139. The first-order valence-corrected chi connectivity index (χ1v) is 9.25. The van der Waals surface area contributed by atoms with Gasteiger partial charge in [0, 0.05) is 9.79 Å². The summed E-state index contributed by atoms with van der Waals surface area (Å²) in [6.45, 7) is 0. The first-order chi connectivity index (χ1) is 12.0. The summed E-state index contributed by atoms with van der Waals surface area (Å²) in [4.78, 5) is 1.15. The molecule has 3 rings (SSSR count). The Hall–Kier alpha value is -1.85. The van der Waals surface area contributed by atoms with Crippen molar-refractivity contribution in [3.8, 4) is 0 Å².